The van der Waals surface area contributed by atoms with Crippen molar-refractivity contribution in [2.45, 2.75) is 45.5 Å². The average molecular weight is 296 g/mol. The summed E-state index contributed by atoms with van der Waals surface area (Å²) in [4.78, 5) is 0. The molecule has 1 aromatic rings. The summed E-state index contributed by atoms with van der Waals surface area (Å²) in [6.45, 7) is 7.06. The molecule has 1 heterocycles. The van der Waals surface area contributed by atoms with Gasteiger partial charge in [-0.15, -0.1) is 0 Å². The Morgan fingerprint density at radius 1 is 1.14 bits per heavy atom. The summed E-state index contributed by atoms with van der Waals surface area (Å²) >= 11 is 0. The molecule has 0 spiro atoms. The highest BCUT2D eigenvalue weighted by Crippen LogP contribution is 2.37. The van der Waals surface area contributed by atoms with Gasteiger partial charge in [0.25, 0.3) is 0 Å². The van der Waals surface area contributed by atoms with Crippen LogP contribution in [0.15, 0.2) is 18.2 Å². The number of hydrogen-bond donors (Lipinski definition) is 1. The molecule has 1 aromatic carbocycles. The van der Waals surface area contributed by atoms with E-state index < -0.39 is 6.10 Å². The van der Waals surface area contributed by atoms with E-state index in [0.717, 1.165) is 17.1 Å². The molecule has 1 aliphatic heterocycles. The Kier molecular flexibility index (Phi) is 5.85. The third kappa shape index (κ3) is 4.09. The maximum Gasteiger partial charge on any atom is 0.231 e. The number of aliphatic hydroxyl groups excluding tert-OH is 1. The molecule has 5 heteroatoms. The molecule has 5 nitrogen and oxygen atoms in total. The van der Waals surface area contributed by atoms with Crippen LogP contribution in [0.2, 0.25) is 0 Å². The highest BCUT2D eigenvalue weighted by atomic mass is 16.7. The SMILES string of the molecule is CCOC(CC(c1ccc2c(c1)OCO2)C(C)O)OCC. The molecule has 0 fully saturated rings. The number of hydrogen-bond acceptors (Lipinski definition) is 5. The van der Waals surface area contributed by atoms with Gasteiger partial charge in [0, 0.05) is 25.6 Å². The molecule has 1 N–H and O–H groups in total. The van der Waals surface area contributed by atoms with Gasteiger partial charge in [-0.3, -0.25) is 0 Å². The van der Waals surface area contributed by atoms with E-state index in [4.69, 9.17) is 18.9 Å². The van der Waals surface area contributed by atoms with E-state index in [2.05, 4.69) is 0 Å². The van der Waals surface area contributed by atoms with Gasteiger partial charge in [-0.1, -0.05) is 6.07 Å². The number of ether oxygens (including phenoxy) is 4. The van der Waals surface area contributed by atoms with Gasteiger partial charge in [0.1, 0.15) is 0 Å². The zero-order valence-corrected chi connectivity index (χ0v) is 12.9. The molecule has 0 aromatic heterocycles. The number of rotatable bonds is 8. The summed E-state index contributed by atoms with van der Waals surface area (Å²) in [5.41, 5.74) is 0.999. The minimum absolute atomic E-state index is 0.0809. The lowest BCUT2D eigenvalue weighted by molar-refractivity contribution is -0.145. The Bertz CT molecular complexity index is 440. The minimum atomic E-state index is -0.506. The van der Waals surface area contributed by atoms with Crippen LogP contribution in [0.3, 0.4) is 0 Å². The van der Waals surface area contributed by atoms with Gasteiger partial charge in [0.15, 0.2) is 17.8 Å². The van der Waals surface area contributed by atoms with Crippen molar-refractivity contribution in [2.75, 3.05) is 20.0 Å². The number of benzene rings is 1. The third-order valence-corrected chi connectivity index (χ3v) is 3.56. The summed E-state index contributed by atoms with van der Waals surface area (Å²) in [7, 11) is 0. The fraction of sp³-hybridized carbons (Fsp3) is 0.625. The van der Waals surface area contributed by atoms with Crippen LogP contribution in [-0.4, -0.2) is 37.5 Å². The van der Waals surface area contributed by atoms with Gasteiger partial charge in [0.2, 0.25) is 6.79 Å². The topological polar surface area (TPSA) is 57.2 Å². The molecule has 2 atom stereocenters. The smallest absolute Gasteiger partial charge is 0.231 e. The van der Waals surface area contributed by atoms with E-state index in [9.17, 15) is 5.11 Å². The van der Waals surface area contributed by atoms with Crippen LogP contribution in [0.1, 0.15) is 38.7 Å². The van der Waals surface area contributed by atoms with Crippen molar-refractivity contribution in [1.82, 2.24) is 0 Å². The normalized spacial score (nSPS) is 16.2. The number of aliphatic hydroxyl groups is 1. The first-order valence-corrected chi connectivity index (χ1v) is 7.46. The van der Waals surface area contributed by atoms with E-state index in [-0.39, 0.29) is 19.0 Å². The van der Waals surface area contributed by atoms with Crippen LogP contribution in [0.25, 0.3) is 0 Å². The van der Waals surface area contributed by atoms with Crippen molar-refractivity contribution in [3.05, 3.63) is 23.8 Å². The summed E-state index contributed by atoms with van der Waals surface area (Å²) in [6.07, 6.45) is -0.224. The Balaban J connectivity index is 2.14. The zero-order chi connectivity index (χ0) is 15.2. The van der Waals surface area contributed by atoms with Crippen LogP contribution in [0.5, 0.6) is 11.5 Å². The second kappa shape index (κ2) is 7.64. The maximum absolute atomic E-state index is 10.1. The molecule has 0 aliphatic carbocycles. The third-order valence-electron chi connectivity index (χ3n) is 3.56. The Morgan fingerprint density at radius 3 is 2.43 bits per heavy atom. The summed E-state index contributed by atoms with van der Waals surface area (Å²) in [5, 5.41) is 10.1. The van der Waals surface area contributed by atoms with E-state index in [1.54, 1.807) is 6.92 Å². The molecule has 0 saturated heterocycles. The summed E-state index contributed by atoms with van der Waals surface area (Å²) in [5.74, 6) is 1.39. The second-order valence-corrected chi connectivity index (χ2v) is 5.04. The van der Waals surface area contributed by atoms with E-state index in [0.29, 0.717) is 19.6 Å². The summed E-state index contributed by atoms with van der Waals surface area (Å²) in [6, 6.07) is 5.76. The Hall–Kier alpha value is -1.30. The molecule has 1 aliphatic rings. The molecule has 0 radical (unpaired) electrons. The van der Waals surface area contributed by atoms with E-state index in [1.807, 2.05) is 32.0 Å². The molecular weight excluding hydrogens is 272 g/mol. The van der Waals surface area contributed by atoms with Gasteiger partial charge in [-0.25, -0.2) is 0 Å². The van der Waals surface area contributed by atoms with Crippen molar-refractivity contribution < 1.29 is 24.1 Å². The largest absolute Gasteiger partial charge is 0.454 e. The molecule has 0 saturated carbocycles. The predicted octanol–water partition coefficient (Wildman–Crippen LogP) is 2.67. The molecule has 118 valence electrons. The van der Waals surface area contributed by atoms with Gasteiger partial charge in [0.05, 0.1) is 6.10 Å². The highest BCUT2D eigenvalue weighted by Gasteiger charge is 2.25. The van der Waals surface area contributed by atoms with Gasteiger partial charge in [-0.2, -0.15) is 0 Å². The molecule has 21 heavy (non-hydrogen) atoms. The molecule has 2 unspecified atom stereocenters. The van der Waals surface area contributed by atoms with Crippen molar-refractivity contribution in [1.29, 1.82) is 0 Å². The zero-order valence-electron chi connectivity index (χ0n) is 12.9. The van der Waals surface area contributed by atoms with Crippen LogP contribution in [-0.2, 0) is 9.47 Å². The Morgan fingerprint density at radius 2 is 1.81 bits per heavy atom. The average Bonchev–Trinajstić information content (AvgIpc) is 2.92. The first kappa shape index (κ1) is 16.1. The number of fused-ring (bicyclic) bond motifs is 1. The lowest BCUT2D eigenvalue weighted by atomic mass is 9.90. The Labute approximate surface area is 125 Å². The van der Waals surface area contributed by atoms with Crippen molar-refractivity contribution >= 4 is 0 Å². The van der Waals surface area contributed by atoms with E-state index in [1.165, 1.54) is 0 Å². The van der Waals surface area contributed by atoms with Crippen LogP contribution < -0.4 is 9.47 Å². The van der Waals surface area contributed by atoms with Crippen molar-refractivity contribution in [3.8, 4) is 11.5 Å². The highest BCUT2D eigenvalue weighted by molar-refractivity contribution is 5.45. The monoisotopic (exact) mass is 296 g/mol. The minimum Gasteiger partial charge on any atom is -0.454 e. The first-order valence-electron chi connectivity index (χ1n) is 7.46. The van der Waals surface area contributed by atoms with Crippen LogP contribution >= 0.6 is 0 Å². The molecular formula is C16H24O5. The van der Waals surface area contributed by atoms with Gasteiger partial charge >= 0.3 is 0 Å². The second-order valence-electron chi connectivity index (χ2n) is 5.04. The quantitative estimate of drug-likeness (QED) is 0.747. The lowest BCUT2D eigenvalue weighted by Crippen LogP contribution is -2.25. The van der Waals surface area contributed by atoms with Crippen molar-refractivity contribution in [3.63, 3.8) is 0 Å². The van der Waals surface area contributed by atoms with Crippen LogP contribution in [0.4, 0.5) is 0 Å². The molecule has 2 rings (SSSR count). The molecule has 0 amide bonds. The predicted molar refractivity (Wildman–Crippen MR) is 78.6 cm³/mol. The van der Waals surface area contributed by atoms with Gasteiger partial charge in [-0.05, 0) is 38.5 Å². The van der Waals surface area contributed by atoms with E-state index >= 15 is 0 Å². The maximum atomic E-state index is 10.1. The summed E-state index contributed by atoms with van der Waals surface area (Å²) < 4.78 is 21.9. The lowest BCUT2D eigenvalue weighted by Gasteiger charge is -2.26. The first-order chi connectivity index (χ1) is 10.2. The standard InChI is InChI=1S/C16H24O5/c1-4-18-16(19-5-2)9-13(11(3)17)12-6-7-14-15(8-12)21-10-20-14/h6-8,11,13,16-17H,4-5,9-10H2,1-3H3. The molecule has 0 bridgehead atoms. The van der Waals surface area contributed by atoms with Crippen molar-refractivity contribution in [2.24, 2.45) is 0 Å². The van der Waals surface area contributed by atoms with Crippen LogP contribution in [0, 0.1) is 0 Å². The fourth-order valence-electron chi connectivity index (χ4n) is 2.52. The van der Waals surface area contributed by atoms with Gasteiger partial charge < -0.3 is 24.1 Å². The fourth-order valence-corrected chi connectivity index (χ4v) is 2.52.